The third-order valence-electron chi connectivity index (χ3n) is 3.97. The molecule has 0 fully saturated rings. The number of nitrogens with one attached hydrogen (secondary N) is 2. The summed E-state index contributed by atoms with van der Waals surface area (Å²) in [5.74, 6) is -0.573. The lowest BCUT2D eigenvalue weighted by Gasteiger charge is -2.21. The van der Waals surface area contributed by atoms with E-state index in [9.17, 15) is 18.0 Å². The number of nitrogens with zero attached hydrogens (tertiary/aromatic N) is 4. The van der Waals surface area contributed by atoms with E-state index in [0.29, 0.717) is 10.3 Å². The number of fused-ring (bicyclic) bond motifs is 1. The van der Waals surface area contributed by atoms with E-state index in [4.69, 9.17) is 0 Å². The van der Waals surface area contributed by atoms with E-state index in [1.165, 1.54) is 23.1 Å². The maximum atomic E-state index is 12.7. The Hall–Kier alpha value is -2.57. The molecule has 10 nitrogen and oxygen atoms in total. The van der Waals surface area contributed by atoms with Crippen molar-refractivity contribution in [2.45, 2.75) is 37.8 Å². The molecule has 3 aromatic rings. The van der Waals surface area contributed by atoms with Crippen molar-refractivity contribution in [3.05, 3.63) is 45.5 Å². The molecular formula is C18H21BrN6O4S. The van der Waals surface area contributed by atoms with E-state index >= 15 is 0 Å². The molecule has 0 aliphatic heterocycles. The molecule has 0 spiro atoms. The summed E-state index contributed by atoms with van der Waals surface area (Å²) in [5.41, 5.74) is -0.635. The molecule has 0 bridgehead atoms. The van der Waals surface area contributed by atoms with E-state index in [2.05, 4.69) is 36.1 Å². The van der Waals surface area contributed by atoms with E-state index in [-0.39, 0.29) is 22.5 Å². The Morgan fingerprint density at radius 2 is 1.90 bits per heavy atom. The zero-order valence-electron chi connectivity index (χ0n) is 16.8. The highest BCUT2D eigenvalue weighted by Crippen LogP contribution is 2.22. The van der Waals surface area contributed by atoms with Gasteiger partial charge in [-0.05, 0) is 48.8 Å². The number of rotatable bonds is 5. The van der Waals surface area contributed by atoms with Crippen LogP contribution in [0.4, 0.5) is 5.69 Å². The standard InChI is InChI=1S/C18H21BrN6O4S/c1-18(2,3)23-30(28,29)12-8-6-5-7-11(12)21-13(26)9-25-10-20-16-14(17(25)27)15(19)22-24(16)4/h5-8,10,23H,9H2,1-4H3,(H,21,26). The van der Waals surface area contributed by atoms with Gasteiger partial charge in [-0.1, -0.05) is 12.1 Å². The van der Waals surface area contributed by atoms with Gasteiger partial charge in [0.25, 0.3) is 5.56 Å². The number of aromatic nitrogens is 4. The Morgan fingerprint density at radius 3 is 2.57 bits per heavy atom. The lowest BCUT2D eigenvalue weighted by molar-refractivity contribution is -0.116. The van der Waals surface area contributed by atoms with Crippen molar-refractivity contribution in [2.24, 2.45) is 7.05 Å². The topological polar surface area (TPSA) is 128 Å². The van der Waals surface area contributed by atoms with Crippen LogP contribution >= 0.6 is 15.9 Å². The van der Waals surface area contributed by atoms with Crippen molar-refractivity contribution < 1.29 is 13.2 Å². The van der Waals surface area contributed by atoms with Gasteiger partial charge in [-0.25, -0.2) is 22.8 Å². The molecule has 0 atom stereocenters. The fourth-order valence-electron chi connectivity index (χ4n) is 2.85. The fourth-order valence-corrected chi connectivity index (χ4v) is 5.02. The highest BCUT2D eigenvalue weighted by molar-refractivity contribution is 9.10. The van der Waals surface area contributed by atoms with Crippen molar-refractivity contribution in [3.8, 4) is 0 Å². The summed E-state index contributed by atoms with van der Waals surface area (Å²) in [4.78, 5) is 29.4. The molecule has 3 rings (SSSR count). The molecule has 2 aromatic heterocycles. The quantitative estimate of drug-likeness (QED) is 0.552. The summed E-state index contributed by atoms with van der Waals surface area (Å²) in [7, 11) is -2.22. The number of carbonyl (C=O) groups excluding carboxylic acids is 1. The number of benzene rings is 1. The third-order valence-corrected chi connectivity index (χ3v) is 6.34. The van der Waals surface area contributed by atoms with Crippen LogP contribution in [0.2, 0.25) is 0 Å². The molecule has 0 unspecified atom stereocenters. The first kappa shape index (κ1) is 22.1. The normalized spacial score (nSPS) is 12.3. The second-order valence-electron chi connectivity index (χ2n) is 7.69. The van der Waals surface area contributed by atoms with Crippen molar-refractivity contribution in [1.82, 2.24) is 24.1 Å². The summed E-state index contributed by atoms with van der Waals surface area (Å²) >= 11 is 3.22. The number of hydrogen-bond acceptors (Lipinski definition) is 6. The molecule has 30 heavy (non-hydrogen) atoms. The van der Waals surface area contributed by atoms with E-state index < -0.39 is 27.0 Å². The number of sulfonamides is 1. The maximum Gasteiger partial charge on any atom is 0.266 e. The van der Waals surface area contributed by atoms with Gasteiger partial charge in [-0.15, -0.1) is 0 Å². The number of anilines is 1. The Balaban J connectivity index is 1.88. The van der Waals surface area contributed by atoms with Crippen LogP contribution in [-0.2, 0) is 28.4 Å². The van der Waals surface area contributed by atoms with Crippen LogP contribution in [0.25, 0.3) is 11.0 Å². The summed E-state index contributed by atoms with van der Waals surface area (Å²) in [6.07, 6.45) is 1.25. The molecule has 1 aromatic carbocycles. The van der Waals surface area contributed by atoms with Gasteiger partial charge < -0.3 is 5.32 Å². The van der Waals surface area contributed by atoms with E-state index in [1.807, 2.05) is 0 Å². The monoisotopic (exact) mass is 496 g/mol. The lowest BCUT2D eigenvalue weighted by atomic mass is 10.1. The molecule has 0 saturated carbocycles. The highest BCUT2D eigenvalue weighted by atomic mass is 79.9. The fraction of sp³-hybridized carbons (Fsp3) is 0.333. The first-order valence-corrected chi connectivity index (χ1v) is 11.2. The molecular weight excluding hydrogens is 476 g/mol. The van der Waals surface area contributed by atoms with E-state index in [1.54, 1.807) is 40.0 Å². The third kappa shape index (κ3) is 4.60. The predicted octanol–water partition coefficient (Wildman–Crippen LogP) is 1.61. The van der Waals surface area contributed by atoms with Crippen LogP contribution in [0.15, 0.2) is 44.9 Å². The number of carbonyl (C=O) groups is 1. The first-order valence-electron chi connectivity index (χ1n) is 8.89. The van der Waals surface area contributed by atoms with Gasteiger partial charge in [0.15, 0.2) is 5.65 Å². The largest absolute Gasteiger partial charge is 0.323 e. The molecule has 2 heterocycles. The molecule has 0 aliphatic rings. The van der Waals surface area contributed by atoms with Crippen LogP contribution in [-0.4, -0.2) is 39.2 Å². The molecule has 160 valence electrons. The van der Waals surface area contributed by atoms with Crippen molar-refractivity contribution in [3.63, 3.8) is 0 Å². The number of halogens is 1. The summed E-state index contributed by atoms with van der Waals surface area (Å²) in [5, 5.41) is 6.91. The van der Waals surface area contributed by atoms with Crippen LogP contribution in [0.3, 0.4) is 0 Å². The maximum absolute atomic E-state index is 12.7. The van der Waals surface area contributed by atoms with Gasteiger partial charge >= 0.3 is 0 Å². The average molecular weight is 497 g/mol. The molecule has 0 aliphatic carbocycles. The molecule has 1 amide bonds. The Kier molecular flexibility index (Phi) is 5.85. The van der Waals surface area contributed by atoms with Crippen LogP contribution in [0, 0.1) is 0 Å². The van der Waals surface area contributed by atoms with Gasteiger partial charge in [0.2, 0.25) is 15.9 Å². The van der Waals surface area contributed by atoms with Crippen molar-refractivity contribution in [2.75, 3.05) is 5.32 Å². The minimum Gasteiger partial charge on any atom is -0.323 e. The van der Waals surface area contributed by atoms with Crippen molar-refractivity contribution >= 4 is 48.6 Å². The van der Waals surface area contributed by atoms with Crippen molar-refractivity contribution in [1.29, 1.82) is 0 Å². The zero-order valence-corrected chi connectivity index (χ0v) is 19.2. The minimum absolute atomic E-state index is 0.0656. The second kappa shape index (κ2) is 7.93. The van der Waals surface area contributed by atoms with Gasteiger partial charge in [0.05, 0.1) is 5.69 Å². The molecule has 0 radical (unpaired) electrons. The number of amides is 1. The van der Waals surface area contributed by atoms with Gasteiger partial charge in [-0.3, -0.25) is 14.2 Å². The van der Waals surface area contributed by atoms with Gasteiger partial charge in [0.1, 0.15) is 27.8 Å². The van der Waals surface area contributed by atoms with Gasteiger partial charge in [-0.2, -0.15) is 5.10 Å². The number of para-hydroxylation sites is 1. The highest BCUT2D eigenvalue weighted by Gasteiger charge is 2.25. The summed E-state index contributed by atoms with van der Waals surface area (Å²) < 4.78 is 30.9. The van der Waals surface area contributed by atoms with Gasteiger partial charge in [0, 0.05) is 12.6 Å². The lowest BCUT2D eigenvalue weighted by Crippen LogP contribution is -2.40. The van der Waals surface area contributed by atoms with Crippen LogP contribution in [0.1, 0.15) is 20.8 Å². The Labute approximate surface area is 181 Å². The minimum atomic E-state index is -3.87. The van der Waals surface area contributed by atoms with Crippen LogP contribution < -0.4 is 15.6 Å². The predicted molar refractivity (Wildman–Crippen MR) is 116 cm³/mol. The summed E-state index contributed by atoms with van der Waals surface area (Å²) in [6.45, 7) is 4.82. The first-order chi connectivity index (χ1) is 13.9. The number of aryl methyl sites for hydroxylation is 1. The molecule has 0 saturated heterocycles. The molecule has 12 heteroatoms. The Bertz CT molecular complexity index is 1290. The van der Waals surface area contributed by atoms with Crippen LogP contribution in [0.5, 0.6) is 0 Å². The van der Waals surface area contributed by atoms with E-state index in [0.717, 1.165) is 4.57 Å². The zero-order chi connectivity index (χ0) is 22.3. The molecule has 2 N–H and O–H groups in total. The second-order valence-corrected chi connectivity index (χ2v) is 10.1. The number of hydrogen-bond donors (Lipinski definition) is 2. The Morgan fingerprint density at radius 1 is 1.23 bits per heavy atom. The SMILES string of the molecule is Cn1nc(Br)c2c(=O)n(CC(=O)Nc3ccccc3S(=O)(=O)NC(C)(C)C)cnc21. The average Bonchev–Trinajstić information content (AvgIpc) is 2.90. The summed E-state index contributed by atoms with van der Waals surface area (Å²) in [6, 6.07) is 6.06. The smallest absolute Gasteiger partial charge is 0.266 e.